The molecule has 1 unspecified atom stereocenters. The summed E-state index contributed by atoms with van der Waals surface area (Å²) in [5.41, 5.74) is 0.652. The predicted molar refractivity (Wildman–Crippen MR) is 52.1 cm³/mol. The summed E-state index contributed by atoms with van der Waals surface area (Å²) in [5, 5.41) is 2.21. The number of rotatable bonds is 4. The van der Waals surface area contributed by atoms with E-state index in [2.05, 4.69) is 9.72 Å². The van der Waals surface area contributed by atoms with Crippen LogP contribution in [0.25, 0.3) is 0 Å². The summed E-state index contributed by atoms with van der Waals surface area (Å²) in [6.07, 6.45) is -4.96. The summed E-state index contributed by atoms with van der Waals surface area (Å²) in [6.45, 7) is 0.270. The topological polar surface area (TPSA) is 22.1 Å². The lowest BCUT2D eigenvalue weighted by atomic mass is 10.4. The monoisotopic (exact) mass is 259 g/mol. The molecule has 0 amide bonds. The molecule has 0 saturated carbocycles. The molecular formula is C8H9ClF3NOS. The van der Waals surface area contributed by atoms with Crippen molar-refractivity contribution in [1.82, 2.24) is 4.98 Å². The Morgan fingerprint density at radius 1 is 1.60 bits per heavy atom. The lowest BCUT2D eigenvalue weighted by Gasteiger charge is -2.12. The van der Waals surface area contributed by atoms with Gasteiger partial charge in [0.25, 0.3) is 0 Å². The van der Waals surface area contributed by atoms with Gasteiger partial charge in [0, 0.05) is 5.38 Å². The van der Waals surface area contributed by atoms with Crippen LogP contribution in [-0.4, -0.2) is 17.8 Å². The van der Waals surface area contributed by atoms with Crippen LogP contribution in [0.1, 0.15) is 23.7 Å². The Balaban J connectivity index is 2.50. The highest BCUT2D eigenvalue weighted by Gasteiger charge is 2.29. The number of alkyl halides is 4. The van der Waals surface area contributed by atoms with Crippen molar-refractivity contribution >= 4 is 22.9 Å². The maximum absolute atomic E-state index is 11.8. The molecule has 0 aliphatic rings. The van der Waals surface area contributed by atoms with Crippen LogP contribution in [0.4, 0.5) is 13.2 Å². The van der Waals surface area contributed by atoms with Gasteiger partial charge < -0.3 is 4.74 Å². The molecule has 1 heterocycles. The zero-order chi connectivity index (χ0) is 11.5. The Morgan fingerprint density at radius 3 is 2.73 bits per heavy atom. The van der Waals surface area contributed by atoms with Gasteiger partial charge in [-0.25, -0.2) is 4.98 Å². The smallest absolute Gasteiger partial charge is 0.362 e. The fourth-order valence-electron chi connectivity index (χ4n) is 0.862. The first-order chi connectivity index (χ1) is 6.92. The van der Waals surface area contributed by atoms with E-state index >= 15 is 0 Å². The van der Waals surface area contributed by atoms with E-state index in [1.54, 1.807) is 5.38 Å². The first kappa shape index (κ1) is 12.7. The highest BCUT2D eigenvalue weighted by Crippen LogP contribution is 2.24. The molecule has 0 radical (unpaired) electrons. The third-order valence-electron chi connectivity index (χ3n) is 1.55. The van der Waals surface area contributed by atoms with Gasteiger partial charge in [-0.3, -0.25) is 0 Å². The Hall–Kier alpha value is -0.330. The average Bonchev–Trinajstić information content (AvgIpc) is 2.61. The SMILES string of the molecule is CC(OCC(F)(F)F)c1nc(CCl)cs1. The number of hydrogen-bond acceptors (Lipinski definition) is 3. The van der Waals surface area contributed by atoms with Crippen LogP contribution in [0.2, 0.25) is 0 Å². The minimum Gasteiger partial charge on any atom is -0.362 e. The van der Waals surface area contributed by atoms with Crippen LogP contribution >= 0.6 is 22.9 Å². The van der Waals surface area contributed by atoms with Crippen molar-refractivity contribution in [2.45, 2.75) is 25.1 Å². The van der Waals surface area contributed by atoms with E-state index in [1.165, 1.54) is 18.3 Å². The molecule has 0 bridgehead atoms. The van der Waals surface area contributed by atoms with Crippen molar-refractivity contribution in [2.75, 3.05) is 6.61 Å². The summed E-state index contributed by atoms with van der Waals surface area (Å²) in [6, 6.07) is 0. The molecule has 1 rings (SSSR count). The van der Waals surface area contributed by atoms with Gasteiger partial charge in [-0.05, 0) is 6.92 Å². The maximum Gasteiger partial charge on any atom is 0.411 e. The minimum atomic E-state index is -4.30. The highest BCUT2D eigenvalue weighted by molar-refractivity contribution is 7.09. The lowest BCUT2D eigenvalue weighted by molar-refractivity contribution is -0.184. The third-order valence-corrected chi connectivity index (χ3v) is 2.88. The number of aromatic nitrogens is 1. The molecule has 0 fully saturated rings. The Morgan fingerprint density at radius 2 is 2.27 bits per heavy atom. The summed E-state index contributed by atoms with van der Waals surface area (Å²) >= 11 is 6.76. The van der Waals surface area contributed by atoms with Crippen molar-refractivity contribution in [1.29, 1.82) is 0 Å². The zero-order valence-electron chi connectivity index (χ0n) is 7.84. The van der Waals surface area contributed by atoms with Gasteiger partial charge in [-0.2, -0.15) is 13.2 Å². The second-order valence-electron chi connectivity index (χ2n) is 2.88. The van der Waals surface area contributed by atoms with Crippen molar-refractivity contribution in [3.63, 3.8) is 0 Å². The number of halogens is 4. The van der Waals surface area contributed by atoms with E-state index in [0.717, 1.165) is 0 Å². The second kappa shape index (κ2) is 5.14. The molecule has 0 aliphatic carbocycles. The number of thiazole rings is 1. The van der Waals surface area contributed by atoms with Crippen LogP contribution in [0, 0.1) is 0 Å². The van der Waals surface area contributed by atoms with E-state index in [1.807, 2.05) is 0 Å². The summed E-state index contributed by atoms with van der Waals surface area (Å²) in [4.78, 5) is 4.02. The summed E-state index contributed by atoms with van der Waals surface area (Å²) in [7, 11) is 0. The van der Waals surface area contributed by atoms with Crippen molar-refractivity contribution in [3.8, 4) is 0 Å². The normalized spacial score (nSPS) is 14.2. The van der Waals surface area contributed by atoms with Gasteiger partial charge in [0.1, 0.15) is 17.7 Å². The molecule has 0 aromatic carbocycles. The zero-order valence-corrected chi connectivity index (χ0v) is 9.42. The quantitative estimate of drug-likeness (QED) is 0.772. The molecule has 0 N–H and O–H groups in total. The Labute approximate surface area is 94.0 Å². The van der Waals surface area contributed by atoms with Crippen molar-refractivity contribution in [3.05, 3.63) is 16.1 Å². The minimum absolute atomic E-state index is 0.252. The molecule has 0 spiro atoms. The fraction of sp³-hybridized carbons (Fsp3) is 0.625. The van der Waals surface area contributed by atoms with Crippen LogP contribution in [0.5, 0.6) is 0 Å². The average molecular weight is 260 g/mol. The summed E-state index contributed by atoms with van der Waals surface area (Å²) in [5.74, 6) is 0.252. The van der Waals surface area contributed by atoms with Gasteiger partial charge in [-0.15, -0.1) is 22.9 Å². The van der Waals surface area contributed by atoms with Gasteiger partial charge >= 0.3 is 6.18 Å². The van der Waals surface area contributed by atoms with Crippen molar-refractivity contribution in [2.24, 2.45) is 0 Å². The Bertz CT molecular complexity index is 315. The van der Waals surface area contributed by atoms with Crippen molar-refractivity contribution < 1.29 is 17.9 Å². The van der Waals surface area contributed by atoms with Crippen LogP contribution in [0.15, 0.2) is 5.38 Å². The molecule has 7 heteroatoms. The van der Waals surface area contributed by atoms with E-state index in [4.69, 9.17) is 11.6 Å². The standard InChI is InChI=1S/C8H9ClF3NOS/c1-5(14-4-8(10,11)12)7-13-6(2-9)3-15-7/h3,5H,2,4H2,1H3. The largest absolute Gasteiger partial charge is 0.411 e. The summed E-state index contributed by atoms with van der Waals surface area (Å²) < 4.78 is 40.2. The van der Waals surface area contributed by atoms with Gasteiger partial charge in [-0.1, -0.05) is 0 Å². The molecule has 1 aromatic heterocycles. The molecule has 86 valence electrons. The number of hydrogen-bond donors (Lipinski definition) is 0. The fourth-order valence-corrected chi connectivity index (χ4v) is 1.91. The molecule has 15 heavy (non-hydrogen) atoms. The van der Waals surface area contributed by atoms with E-state index < -0.39 is 18.9 Å². The highest BCUT2D eigenvalue weighted by atomic mass is 35.5. The molecular weight excluding hydrogens is 251 g/mol. The first-order valence-electron chi connectivity index (χ1n) is 4.11. The van der Waals surface area contributed by atoms with Crippen LogP contribution < -0.4 is 0 Å². The number of ether oxygens (including phenoxy) is 1. The molecule has 2 nitrogen and oxygen atoms in total. The molecule has 1 atom stereocenters. The molecule has 0 aliphatic heterocycles. The lowest BCUT2D eigenvalue weighted by Crippen LogP contribution is -2.18. The second-order valence-corrected chi connectivity index (χ2v) is 4.04. The van der Waals surface area contributed by atoms with Crippen LogP contribution in [0.3, 0.4) is 0 Å². The van der Waals surface area contributed by atoms with E-state index in [0.29, 0.717) is 10.7 Å². The third kappa shape index (κ3) is 4.36. The molecule has 1 aromatic rings. The predicted octanol–water partition coefficient (Wildman–Crippen LogP) is 3.52. The van der Waals surface area contributed by atoms with Gasteiger partial charge in [0.15, 0.2) is 0 Å². The van der Waals surface area contributed by atoms with E-state index in [-0.39, 0.29) is 5.88 Å². The molecule has 0 saturated heterocycles. The first-order valence-corrected chi connectivity index (χ1v) is 5.52. The van der Waals surface area contributed by atoms with Gasteiger partial charge in [0.05, 0.1) is 11.6 Å². The van der Waals surface area contributed by atoms with E-state index in [9.17, 15) is 13.2 Å². The Kier molecular flexibility index (Phi) is 4.36. The van der Waals surface area contributed by atoms with Gasteiger partial charge in [0.2, 0.25) is 0 Å². The number of nitrogens with zero attached hydrogens (tertiary/aromatic N) is 1. The maximum atomic E-state index is 11.8. The van der Waals surface area contributed by atoms with Crippen LogP contribution in [-0.2, 0) is 10.6 Å².